The first-order valence-corrected chi connectivity index (χ1v) is 8.35. The van der Waals surface area contributed by atoms with Gasteiger partial charge in [-0.3, -0.25) is 0 Å². The standard InChI is InChI=1S/C14H19GeNO.3H2O/c1-16(15-13-10-6-3-7-11-13)14(17)12-8-4-2-5-9-12;;;/h3,6-7,10-12H,2,4-5,8-9H2,1H3;3*1H2. The van der Waals surface area contributed by atoms with Gasteiger partial charge in [0.15, 0.2) is 0 Å². The van der Waals surface area contributed by atoms with Gasteiger partial charge in [-0.2, -0.15) is 0 Å². The van der Waals surface area contributed by atoms with Crippen LogP contribution in [0, 0.1) is 5.92 Å². The summed E-state index contributed by atoms with van der Waals surface area (Å²) in [4.78, 5) is 12.3. The minimum absolute atomic E-state index is 0. The molecule has 2 radical (unpaired) electrons. The van der Waals surface area contributed by atoms with E-state index >= 15 is 0 Å². The molecule has 2 rings (SSSR count). The van der Waals surface area contributed by atoms with Gasteiger partial charge in [0.25, 0.3) is 0 Å². The molecule has 6 N–H and O–H groups in total. The Bertz CT molecular complexity index is 369. The summed E-state index contributed by atoms with van der Waals surface area (Å²) < 4.78 is 3.34. The summed E-state index contributed by atoms with van der Waals surface area (Å²) in [6.07, 6.45) is 5.97. The summed E-state index contributed by atoms with van der Waals surface area (Å²) in [5.41, 5.74) is 0. The average molecular weight is 344 g/mol. The van der Waals surface area contributed by atoms with Gasteiger partial charge in [-0.25, -0.2) is 0 Å². The van der Waals surface area contributed by atoms with Crippen LogP contribution in [0.5, 0.6) is 0 Å². The van der Waals surface area contributed by atoms with Crippen molar-refractivity contribution < 1.29 is 21.2 Å². The fourth-order valence-electron chi connectivity index (χ4n) is 2.38. The van der Waals surface area contributed by atoms with E-state index in [1.54, 1.807) is 0 Å². The maximum absolute atomic E-state index is 12.3. The molecule has 114 valence electrons. The van der Waals surface area contributed by atoms with Gasteiger partial charge in [0, 0.05) is 0 Å². The topological polar surface area (TPSA) is 115 Å². The van der Waals surface area contributed by atoms with Gasteiger partial charge in [0.05, 0.1) is 0 Å². The first kappa shape index (κ1) is 21.4. The number of nitrogens with zero attached hydrogens (tertiary/aromatic N) is 1. The Kier molecular flexibility index (Phi) is 11.6. The maximum Gasteiger partial charge on any atom is -0.412 e. The van der Waals surface area contributed by atoms with E-state index in [4.69, 9.17) is 0 Å². The molecule has 1 fully saturated rings. The number of hydrogen-bond acceptors (Lipinski definition) is 1. The number of carbonyl (C=O) groups excluding carboxylic acids is 1. The van der Waals surface area contributed by atoms with Crippen molar-refractivity contribution in [2.75, 3.05) is 7.05 Å². The molecule has 1 aromatic carbocycles. The van der Waals surface area contributed by atoms with Gasteiger partial charge in [-0.05, 0) is 0 Å². The van der Waals surface area contributed by atoms with Crippen LogP contribution in [-0.4, -0.2) is 48.9 Å². The molecule has 0 aliphatic heterocycles. The summed E-state index contributed by atoms with van der Waals surface area (Å²) in [6.45, 7) is 0. The summed E-state index contributed by atoms with van der Waals surface area (Å²) >= 11 is -0.463. The Labute approximate surface area is 127 Å². The van der Waals surface area contributed by atoms with Crippen molar-refractivity contribution in [2.24, 2.45) is 5.92 Å². The molecule has 6 heteroatoms. The first-order chi connectivity index (χ1) is 8.27. The van der Waals surface area contributed by atoms with E-state index in [2.05, 4.69) is 24.3 Å². The summed E-state index contributed by atoms with van der Waals surface area (Å²) in [5.74, 6) is 0.690. The van der Waals surface area contributed by atoms with Crippen LogP contribution in [0.25, 0.3) is 0 Å². The summed E-state index contributed by atoms with van der Waals surface area (Å²) in [6, 6.07) is 10.4. The predicted molar refractivity (Wildman–Crippen MR) is 82.0 cm³/mol. The third-order valence-electron chi connectivity index (χ3n) is 3.36. The van der Waals surface area contributed by atoms with Crippen molar-refractivity contribution >= 4 is 26.0 Å². The zero-order valence-corrected chi connectivity index (χ0v) is 14.0. The first-order valence-electron chi connectivity index (χ1n) is 6.36. The maximum atomic E-state index is 12.3. The number of amides is 1. The van der Waals surface area contributed by atoms with Crippen LogP contribution in [0.4, 0.5) is 0 Å². The van der Waals surface area contributed by atoms with E-state index in [9.17, 15) is 4.79 Å². The molecule has 0 saturated heterocycles. The van der Waals surface area contributed by atoms with Crippen LogP contribution in [0.15, 0.2) is 30.3 Å². The monoisotopic (exact) mass is 345 g/mol. The van der Waals surface area contributed by atoms with Crippen molar-refractivity contribution in [1.82, 2.24) is 3.86 Å². The SMILES string of the molecule is C[N]([Ge][c]1ccccc1)C(=O)C1CCCCC1.O.O.O. The molecule has 1 aromatic rings. The van der Waals surface area contributed by atoms with Gasteiger partial charge < -0.3 is 16.4 Å². The number of hydrogen-bond donors (Lipinski definition) is 0. The quantitative estimate of drug-likeness (QED) is 0.676. The zero-order chi connectivity index (χ0) is 12.1. The molecule has 0 spiro atoms. The molecule has 1 saturated carbocycles. The van der Waals surface area contributed by atoms with Crippen LogP contribution in [0.1, 0.15) is 32.1 Å². The molecule has 0 atom stereocenters. The third kappa shape index (κ3) is 6.04. The van der Waals surface area contributed by atoms with E-state index < -0.39 is 15.7 Å². The second-order valence-corrected chi connectivity index (χ2v) is 7.80. The van der Waals surface area contributed by atoms with Gasteiger partial charge in [-0.1, -0.05) is 0 Å². The summed E-state index contributed by atoms with van der Waals surface area (Å²) in [7, 11) is 1.98. The van der Waals surface area contributed by atoms with Crippen molar-refractivity contribution in [1.29, 1.82) is 0 Å². The van der Waals surface area contributed by atoms with Crippen LogP contribution in [-0.2, 0) is 4.79 Å². The Morgan fingerprint density at radius 2 is 1.60 bits per heavy atom. The van der Waals surface area contributed by atoms with Crippen molar-refractivity contribution in [3.63, 3.8) is 0 Å². The molecular weight excluding hydrogens is 319 g/mol. The fourth-order valence-corrected chi connectivity index (χ4v) is 4.53. The molecule has 0 aromatic heterocycles. The molecular formula is C14H25GeNO4. The van der Waals surface area contributed by atoms with Crippen molar-refractivity contribution in [3.8, 4) is 0 Å². The molecule has 0 bridgehead atoms. The Morgan fingerprint density at radius 3 is 2.15 bits per heavy atom. The van der Waals surface area contributed by atoms with E-state index in [1.807, 2.05) is 17.0 Å². The van der Waals surface area contributed by atoms with Crippen LogP contribution >= 0.6 is 0 Å². The summed E-state index contributed by atoms with van der Waals surface area (Å²) in [5, 5.41) is 0. The Balaban J connectivity index is 0. The molecule has 0 heterocycles. The second-order valence-electron chi connectivity index (χ2n) is 4.71. The van der Waals surface area contributed by atoms with Crippen molar-refractivity contribution in [3.05, 3.63) is 30.3 Å². The smallest absolute Gasteiger partial charge is 0.412 e. The molecule has 0 unspecified atom stereocenters. The molecule has 20 heavy (non-hydrogen) atoms. The van der Waals surface area contributed by atoms with Gasteiger partial charge in [0.1, 0.15) is 0 Å². The predicted octanol–water partition coefficient (Wildman–Crippen LogP) is -0.504. The normalized spacial score (nSPS) is 14.2. The third-order valence-corrected chi connectivity index (χ3v) is 5.76. The Morgan fingerprint density at radius 1 is 1.05 bits per heavy atom. The second kappa shape index (κ2) is 10.8. The van der Waals surface area contributed by atoms with Gasteiger partial charge in [-0.15, -0.1) is 0 Å². The minimum atomic E-state index is -0.463. The van der Waals surface area contributed by atoms with Gasteiger partial charge in [0.2, 0.25) is 0 Å². The van der Waals surface area contributed by atoms with Gasteiger partial charge >= 0.3 is 110 Å². The number of carbonyl (C=O) groups is 1. The van der Waals surface area contributed by atoms with Crippen molar-refractivity contribution in [2.45, 2.75) is 32.1 Å². The number of rotatable bonds is 3. The fraction of sp³-hybridized carbons (Fsp3) is 0.500. The van der Waals surface area contributed by atoms with E-state index in [0.717, 1.165) is 12.8 Å². The molecule has 1 amide bonds. The van der Waals surface area contributed by atoms with E-state index in [0.29, 0.717) is 11.8 Å². The number of benzene rings is 1. The van der Waals surface area contributed by atoms with Crippen LogP contribution in [0.2, 0.25) is 0 Å². The molecule has 5 nitrogen and oxygen atoms in total. The molecule has 1 aliphatic carbocycles. The molecule has 1 aliphatic rings. The Hall–Kier alpha value is -0.887. The largest absolute Gasteiger partial charge is 0.412 e. The van der Waals surface area contributed by atoms with Crippen LogP contribution < -0.4 is 4.40 Å². The van der Waals surface area contributed by atoms with E-state index in [-0.39, 0.29) is 16.4 Å². The minimum Gasteiger partial charge on any atom is -0.412 e. The van der Waals surface area contributed by atoms with E-state index in [1.165, 1.54) is 23.7 Å². The zero-order valence-electron chi connectivity index (χ0n) is 11.9. The van der Waals surface area contributed by atoms with Crippen LogP contribution in [0.3, 0.4) is 0 Å². The average Bonchev–Trinajstić information content (AvgIpc) is 2.40.